The van der Waals surface area contributed by atoms with Crippen LogP contribution in [0.3, 0.4) is 0 Å². The number of aliphatic hydroxyl groups is 1. The van der Waals surface area contributed by atoms with Gasteiger partial charge in [0.05, 0.1) is 13.2 Å². The van der Waals surface area contributed by atoms with Crippen molar-refractivity contribution >= 4 is 11.8 Å². The first-order valence-corrected chi connectivity index (χ1v) is 8.73. The molecule has 1 aromatic carbocycles. The minimum absolute atomic E-state index is 0.0733. The first-order valence-electron chi connectivity index (χ1n) is 8.73. The van der Waals surface area contributed by atoms with Gasteiger partial charge in [-0.3, -0.25) is 14.9 Å². The Morgan fingerprint density at radius 3 is 2.52 bits per heavy atom. The third-order valence-corrected chi connectivity index (χ3v) is 5.04. The van der Waals surface area contributed by atoms with Crippen molar-refractivity contribution in [1.82, 2.24) is 15.5 Å². The minimum Gasteiger partial charge on any atom is -0.497 e. The average molecular weight is 347 g/mol. The molecular weight excluding hydrogens is 322 g/mol. The van der Waals surface area contributed by atoms with Crippen molar-refractivity contribution in [3.8, 4) is 5.75 Å². The Morgan fingerprint density at radius 1 is 1.28 bits per heavy atom. The maximum absolute atomic E-state index is 12.4. The highest BCUT2D eigenvalue weighted by atomic mass is 16.5. The van der Waals surface area contributed by atoms with Crippen LogP contribution < -0.4 is 15.4 Å². The van der Waals surface area contributed by atoms with Crippen LogP contribution in [0.25, 0.3) is 0 Å². The molecule has 25 heavy (non-hydrogen) atoms. The Morgan fingerprint density at radius 2 is 1.96 bits per heavy atom. The lowest BCUT2D eigenvalue weighted by molar-refractivity contribution is -0.132. The maximum atomic E-state index is 12.4. The number of hydrogen-bond acceptors (Lipinski definition) is 5. The number of ether oxygens (including phenoxy) is 1. The number of hydrogen-bond donors (Lipinski definition) is 3. The molecule has 0 bridgehead atoms. The lowest BCUT2D eigenvalue weighted by Gasteiger charge is -2.32. The van der Waals surface area contributed by atoms with Crippen molar-refractivity contribution in [3.05, 3.63) is 29.8 Å². The van der Waals surface area contributed by atoms with Gasteiger partial charge < -0.3 is 20.1 Å². The van der Waals surface area contributed by atoms with Crippen LogP contribution in [0.2, 0.25) is 0 Å². The van der Waals surface area contributed by atoms with Gasteiger partial charge in [-0.05, 0) is 42.9 Å². The summed E-state index contributed by atoms with van der Waals surface area (Å²) in [7, 11) is 1.66. The number of nitrogens with zero attached hydrogens (tertiary/aromatic N) is 1. The van der Waals surface area contributed by atoms with Gasteiger partial charge in [-0.2, -0.15) is 0 Å². The summed E-state index contributed by atoms with van der Waals surface area (Å²) in [4.78, 5) is 25.8. The highest BCUT2D eigenvalue weighted by molar-refractivity contribution is 5.85. The molecule has 3 N–H and O–H groups in total. The second-order valence-corrected chi connectivity index (χ2v) is 6.60. The Balaban J connectivity index is 1.45. The predicted octanol–water partition coefficient (Wildman–Crippen LogP) is 0.545. The molecule has 2 amide bonds. The summed E-state index contributed by atoms with van der Waals surface area (Å²) in [6.07, 6.45) is 1.59. The first kappa shape index (κ1) is 17.7. The number of piperidine rings is 1. The Kier molecular flexibility index (Phi) is 5.55. The normalized spacial score (nSPS) is 24.2. The molecule has 2 aliphatic rings. The molecule has 7 heteroatoms. The third-order valence-electron chi connectivity index (χ3n) is 5.04. The number of rotatable bonds is 5. The van der Waals surface area contributed by atoms with Crippen LogP contribution in [-0.2, 0) is 9.59 Å². The van der Waals surface area contributed by atoms with Gasteiger partial charge >= 0.3 is 0 Å². The van der Waals surface area contributed by atoms with Crippen molar-refractivity contribution < 1.29 is 19.4 Å². The Hall–Kier alpha value is -2.12. The summed E-state index contributed by atoms with van der Waals surface area (Å²) in [6, 6.07) is 7.64. The monoisotopic (exact) mass is 347 g/mol. The van der Waals surface area contributed by atoms with Gasteiger partial charge in [0.1, 0.15) is 5.75 Å². The van der Waals surface area contributed by atoms with Crippen LogP contribution in [0.1, 0.15) is 37.2 Å². The van der Waals surface area contributed by atoms with Crippen LogP contribution in [0.15, 0.2) is 24.3 Å². The summed E-state index contributed by atoms with van der Waals surface area (Å²) in [6.45, 7) is 1.48. The standard InChI is InChI=1S/C18H25N3O4/c1-25-14-4-2-12(3-5-14)13-8-10-21(11-9-13)16(22)7-6-15-17(23)20-18(24)19-15/h2-5,13,15,18-19,24H,6-11H2,1H3,(H,20,23)/t15-,18?/m1/s1. The number of amides is 2. The van der Waals surface area contributed by atoms with Crippen molar-refractivity contribution in [2.45, 2.75) is 44.0 Å². The van der Waals surface area contributed by atoms with E-state index in [9.17, 15) is 14.7 Å². The number of carbonyl (C=O) groups excluding carboxylic acids is 2. The van der Waals surface area contributed by atoms with E-state index in [0.717, 1.165) is 31.7 Å². The van der Waals surface area contributed by atoms with E-state index in [4.69, 9.17) is 4.74 Å². The minimum atomic E-state index is -1.01. The zero-order chi connectivity index (χ0) is 17.8. The molecule has 1 aromatic rings. The van der Waals surface area contributed by atoms with Crippen molar-refractivity contribution in [1.29, 1.82) is 0 Å². The highest BCUT2D eigenvalue weighted by Crippen LogP contribution is 2.29. The van der Waals surface area contributed by atoms with E-state index in [1.807, 2.05) is 17.0 Å². The highest BCUT2D eigenvalue weighted by Gasteiger charge is 2.31. The molecule has 0 spiro atoms. The fourth-order valence-electron chi connectivity index (χ4n) is 3.52. The lowest BCUT2D eigenvalue weighted by Crippen LogP contribution is -2.39. The maximum Gasteiger partial charge on any atom is 0.240 e. The molecule has 0 saturated carbocycles. The molecule has 2 atom stereocenters. The van der Waals surface area contributed by atoms with Crippen LogP contribution in [0, 0.1) is 0 Å². The van der Waals surface area contributed by atoms with Gasteiger partial charge in [-0.25, -0.2) is 0 Å². The number of aliphatic hydroxyl groups excluding tert-OH is 1. The molecule has 3 rings (SSSR count). The number of benzene rings is 1. The van der Waals surface area contributed by atoms with Gasteiger partial charge in [0.2, 0.25) is 11.8 Å². The molecule has 2 heterocycles. The number of carbonyl (C=O) groups is 2. The van der Waals surface area contributed by atoms with Gasteiger partial charge in [0.15, 0.2) is 6.35 Å². The number of likely N-dealkylation sites (tertiary alicyclic amines) is 1. The predicted molar refractivity (Wildman–Crippen MR) is 91.9 cm³/mol. The van der Waals surface area contributed by atoms with Gasteiger partial charge in [-0.15, -0.1) is 0 Å². The Bertz CT molecular complexity index is 611. The van der Waals surface area contributed by atoms with E-state index >= 15 is 0 Å². The fraction of sp³-hybridized carbons (Fsp3) is 0.556. The van der Waals surface area contributed by atoms with E-state index in [1.54, 1.807) is 7.11 Å². The van der Waals surface area contributed by atoms with Crippen LogP contribution in [0.5, 0.6) is 5.75 Å². The summed E-state index contributed by atoms with van der Waals surface area (Å²) >= 11 is 0. The zero-order valence-corrected chi connectivity index (χ0v) is 14.4. The van der Waals surface area contributed by atoms with Crippen molar-refractivity contribution in [3.63, 3.8) is 0 Å². The number of methoxy groups -OCH3 is 1. The van der Waals surface area contributed by atoms with Crippen LogP contribution in [0.4, 0.5) is 0 Å². The van der Waals surface area contributed by atoms with E-state index < -0.39 is 12.4 Å². The molecule has 0 radical (unpaired) electrons. The van der Waals surface area contributed by atoms with Gasteiger partial charge in [0, 0.05) is 19.5 Å². The second kappa shape index (κ2) is 7.84. The summed E-state index contributed by atoms with van der Waals surface area (Å²) in [5.74, 6) is 1.14. The lowest BCUT2D eigenvalue weighted by atomic mass is 9.89. The van der Waals surface area contributed by atoms with E-state index in [1.165, 1.54) is 5.56 Å². The smallest absolute Gasteiger partial charge is 0.240 e. The van der Waals surface area contributed by atoms with Crippen molar-refractivity contribution in [2.75, 3.05) is 20.2 Å². The van der Waals surface area contributed by atoms with Gasteiger partial charge in [-0.1, -0.05) is 12.1 Å². The van der Waals surface area contributed by atoms with E-state index in [-0.39, 0.29) is 11.8 Å². The van der Waals surface area contributed by atoms with Gasteiger partial charge in [0.25, 0.3) is 0 Å². The molecular formula is C18H25N3O4. The summed E-state index contributed by atoms with van der Waals surface area (Å²) < 4.78 is 5.19. The average Bonchev–Trinajstić information content (AvgIpc) is 2.97. The summed E-state index contributed by atoms with van der Waals surface area (Å²) in [5, 5.41) is 14.4. The quantitative estimate of drug-likeness (QED) is 0.723. The van der Waals surface area contributed by atoms with Crippen molar-refractivity contribution in [2.24, 2.45) is 0 Å². The molecule has 2 fully saturated rings. The number of nitrogens with one attached hydrogen (secondary N) is 2. The zero-order valence-electron chi connectivity index (χ0n) is 14.4. The van der Waals surface area contributed by atoms with E-state index in [2.05, 4.69) is 22.8 Å². The third kappa shape index (κ3) is 4.29. The first-order chi connectivity index (χ1) is 12.1. The molecule has 7 nitrogen and oxygen atoms in total. The summed E-state index contributed by atoms with van der Waals surface area (Å²) in [5.41, 5.74) is 1.29. The Labute approximate surface area is 147 Å². The molecule has 2 saturated heterocycles. The second-order valence-electron chi connectivity index (χ2n) is 6.60. The van der Waals surface area contributed by atoms with Crippen LogP contribution >= 0.6 is 0 Å². The fourth-order valence-corrected chi connectivity index (χ4v) is 3.52. The molecule has 0 aliphatic carbocycles. The van der Waals surface area contributed by atoms with Crippen LogP contribution in [-0.4, -0.2) is 54.4 Å². The molecule has 1 unspecified atom stereocenters. The molecule has 0 aromatic heterocycles. The van der Waals surface area contributed by atoms with E-state index in [0.29, 0.717) is 18.8 Å². The molecule has 2 aliphatic heterocycles. The topological polar surface area (TPSA) is 90.9 Å². The molecule has 136 valence electrons. The largest absolute Gasteiger partial charge is 0.497 e. The SMILES string of the molecule is COc1ccc(C2CCN(C(=O)CC[C@H]3NC(O)NC3=O)CC2)cc1.